The van der Waals surface area contributed by atoms with Crippen LogP contribution in [0.2, 0.25) is 6.55 Å². The van der Waals surface area contributed by atoms with E-state index in [9.17, 15) is 0 Å². The van der Waals surface area contributed by atoms with E-state index in [-0.39, 0.29) is 0 Å². The van der Waals surface area contributed by atoms with Crippen LogP contribution >= 0.6 is 11.6 Å². The monoisotopic (exact) mass is 231 g/mol. The second-order valence-electron chi connectivity index (χ2n) is 3.50. The van der Waals surface area contributed by atoms with Gasteiger partial charge in [0, 0.05) is 0 Å². The van der Waals surface area contributed by atoms with E-state index in [1.807, 2.05) is 0 Å². The number of hydrogen-bond acceptors (Lipinski definition) is 0. The molecule has 0 aromatic heterocycles. The Morgan fingerprint density at radius 2 is 1.80 bits per heavy atom. The van der Waals surface area contributed by atoms with Crippen LogP contribution in [-0.4, -0.2) is 8.80 Å². The van der Waals surface area contributed by atoms with Crippen molar-refractivity contribution in [2.24, 2.45) is 0 Å². The maximum atomic E-state index is 5.64. The van der Waals surface area contributed by atoms with Gasteiger partial charge in [-0.25, -0.2) is 0 Å². The van der Waals surface area contributed by atoms with Crippen molar-refractivity contribution in [3.63, 3.8) is 0 Å². The van der Waals surface area contributed by atoms with Crippen LogP contribution < -0.4 is 5.19 Å². The first-order chi connectivity index (χ1) is 7.33. The van der Waals surface area contributed by atoms with Gasteiger partial charge in [0.15, 0.2) is 0 Å². The van der Waals surface area contributed by atoms with E-state index in [1.165, 1.54) is 16.0 Å². The molecule has 0 N–H and O–H groups in total. The molecule has 0 heterocycles. The third kappa shape index (κ3) is 2.14. The molecule has 0 fully saturated rings. The van der Waals surface area contributed by atoms with Crippen molar-refractivity contribution in [2.75, 3.05) is 0 Å². The summed E-state index contributed by atoms with van der Waals surface area (Å²) in [7, 11) is -0.656. The molecule has 0 saturated heterocycles. The highest BCUT2D eigenvalue weighted by Gasteiger charge is 2.07. The van der Waals surface area contributed by atoms with Gasteiger partial charge in [0.25, 0.3) is 0 Å². The molecule has 0 saturated carbocycles. The summed E-state index contributed by atoms with van der Waals surface area (Å²) in [5.74, 6) is 0. The summed E-state index contributed by atoms with van der Waals surface area (Å²) in [5, 5.41) is 4.09. The third-order valence-electron chi connectivity index (χ3n) is 2.53. The molecular formula is C13H12ClSi. The minimum Gasteiger partial charge on any atom is -0.0937 e. The predicted molar refractivity (Wildman–Crippen MR) is 70.2 cm³/mol. The molecule has 15 heavy (non-hydrogen) atoms. The van der Waals surface area contributed by atoms with Crippen LogP contribution in [0.5, 0.6) is 0 Å². The molecule has 0 nitrogen and oxygen atoms in total. The average molecular weight is 232 g/mol. The first-order valence-electron chi connectivity index (χ1n) is 4.91. The van der Waals surface area contributed by atoms with Crippen molar-refractivity contribution in [1.29, 1.82) is 0 Å². The summed E-state index contributed by atoms with van der Waals surface area (Å²) in [6, 6.07) is 15.0. The Morgan fingerprint density at radius 1 is 1.07 bits per heavy atom. The van der Waals surface area contributed by atoms with E-state index in [2.05, 4.69) is 54.7 Å². The molecule has 0 aliphatic heterocycles. The number of benzene rings is 2. The normalized spacial score (nSPS) is 11.7. The highest BCUT2D eigenvalue weighted by atomic mass is 35.5. The fraction of sp³-hybridized carbons (Fsp3) is 0.0769. The summed E-state index contributed by atoms with van der Waals surface area (Å²) in [4.78, 5) is 0. The Labute approximate surface area is 96.8 Å². The van der Waals surface area contributed by atoms with Gasteiger partial charge < -0.3 is 0 Å². The van der Waals surface area contributed by atoms with Gasteiger partial charge in [0.1, 0.15) is 8.80 Å². The molecule has 2 aromatic rings. The summed E-state index contributed by atoms with van der Waals surface area (Å²) in [6.45, 7) is 2.26. The van der Waals surface area contributed by atoms with E-state index in [0.29, 0.717) is 0 Å². The SMILES string of the molecule is C[Si](C=CCl)c1cccc2ccccc12. The van der Waals surface area contributed by atoms with Gasteiger partial charge >= 0.3 is 0 Å². The molecule has 0 spiro atoms. The lowest BCUT2D eigenvalue weighted by Gasteiger charge is -2.08. The Balaban J connectivity index is 2.60. The average Bonchev–Trinajstić information content (AvgIpc) is 2.28. The molecule has 0 unspecified atom stereocenters. The molecule has 2 heteroatoms. The standard InChI is InChI=1S/C13H12ClSi/c1-15(10-9-14)13-8-4-6-11-5-2-3-7-12(11)13/h2-10H,1H3. The van der Waals surface area contributed by atoms with E-state index < -0.39 is 8.80 Å². The van der Waals surface area contributed by atoms with E-state index >= 15 is 0 Å². The lowest BCUT2D eigenvalue weighted by Crippen LogP contribution is -2.24. The van der Waals surface area contributed by atoms with Crippen LogP contribution in [0, 0.1) is 0 Å². The minimum atomic E-state index is -0.656. The molecule has 0 atom stereocenters. The Morgan fingerprint density at radius 3 is 2.60 bits per heavy atom. The molecule has 0 aliphatic rings. The van der Waals surface area contributed by atoms with Crippen molar-refractivity contribution >= 4 is 36.4 Å². The summed E-state index contributed by atoms with van der Waals surface area (Å²) in [5.41, 5.74) is 3.74. The van der Waals surface area contributed by atoms with Crippen LogP contribution in [0.15, 0.2) is 53.7 Å². The maximum Gasteiger partial charge on any atom is 0.111 e. The Kier molecular flexibility index (Phi) is 3.24. The van der Waals surface area contributed by atoms with Gasteiger partial charge in [-0.05, 0) is 21.5 Å². The molecule has 0 amide bonds. The van der Waals surface area contributed by atoms with Gasteiger partial charge in [-0.1, -0.05) is 66.3 Å². The van der Waals surface area contributed by atoms with Crippen molar-refractivity contribution in [3.05, 3.63) is 53.7 Å². The fourth-order valence-corrected chi connectivity index (χ4v) is 3.70. The minimum absolute atomic E-state index is 0.656. The van der Waals surface area contributed by atoms with E-state index in [1.54, 1.807) is 5.54 Å². The largest absolute Gasteiger partial charge is 0.111 e. The van der Waals surface area contributed by atoms with E-state index in [4.69, 9.17) is 11.6 Å². The molecule has 75 valence electrons. The van der Waals surface area contributed by atoms with Crippen molar-refractivity contribution in [2.45, 2.75) is 6.55 Å². The Hall–Kier alpha value is -1.05. The molecule has 0 aliphatic carbocycles. The second kappa shape index (κ2) is 4.64. The summed E-state index contributed by atoms with van der Waals surface area (Å²) < 4.78 is 0. The number of halogens is 1. The van der Waals surface area contributed by atoms with Gasteiger partial charge in [-0.2, -0.15) is 0 Å². The predicted octanol–water partition coefficient (Wildman–Crippen LogP) is 3.46. The zero-order valence-corrected chi connectivity index (χ0v) is 10.3. The fourth-order valence-electron chi connectivity index (χ4n) is 1.75. The van der Waals surface area contributed by atoms with Gasteiger partial charge in [-0.3, -0.25) is 0 Å². The molecular weight excluding hydrogens is 220 g/mol. The van der Waals surface area contributed by atoms with Crippen LogP contribution in [0.3, 0.4) is 0 Å². The first-order valence-corrected chi connectivity index (χ1v) is 7.43. The summed E-state index contributed by atoms with van der Waals surface area (Å²) >= 11 is 5.64. The Bertz CT molecular complexity index is 485. The first kappa shape index (κ1) is 10.5. The zero-order chi connectivity index (χ0) is 10.7. The zero-order valence-electron chi connectivity index (χ0n) is 8.57. The van der Waals surface area contributed by atoms with Crippen molar-refractivity contribution < 1.29 is 0 Å². The third-order valence-corrected chi connectivity index (χ3v) is 4.82. The summed E-state index contributed by atoms with van der Waals surface area (Å²) in [6.07, 6.45) is 0. The van der Waals surface area contributed by atoms with Crippen molar-refractivity contribution in [3.8, 4) is 0 Å². The quantitative estimate of drug-likeness (QED) is 0.695. The van der Waals surface area contributed by atoms with E-state index in [0.717, 1.165) is 0 Å². The van der Waals surface area contributed by atoms with Crippen LogP contribution in [-0.2, 0) is 0 Å². The van der Waals surface area contributed by atoms with Crippen LogP contribution in [0.1, 0.15) is 0 Å². The molecule has 0 bridgehead atoms. The number of fused-ring (bicyclic) bond motifs is 1. The smallest absolute Gasteiger partial charge is 0.0937 e. The lowest BCUT2D eigenvalue weighted by molar-refractivity contribution is 1.77. The maximum absolute atomic E-state index is 5.64. The van der Waals surface area contributed by atoms with Gasteiger partial charge in [0.2, 0.25) is 0 Å². The topological polar surface area (TPSA) is 0 Å². The van der Waals surface area contributed by atoms with Crippen LogP contribution in [0.4, 0.5) is 0 Å². The highest BCUT2D eigenvalue weighted by molar-refractivity contribution is 6.79. The highest BCUT2D eigenvalue weighted by Crippen LogP contribution is 2.11. The lowest BCUT2D eigenvalue weighted by atomic mass is 10.1. The van der Waals surface area contributed by atoms with Crippen LogP contribution in [0.25, 0.3) is 10.8 Å². The van der Waals surface area contributed by atoms with Crippen molar-refractivity contribution in [1.82, 2.24) is 0 Å². The second-order valence-corrected chi connectivity index (χ2v) is 5.99. The molecule has 1 radical (unpaired) electrons. The molecule has 2 aromatic carbocycles. The van der Waals surface area contributed by atoms with Gasteiger partial charge in [0.05, 0.1) is 0 Å². The molecule has 2 rings (SSSR count). The van der Waals surface area contributed by atoms with Gasteiger partial charge in [-0.15, -0.1) is 0 Å². The number of hydrogen-bond donors (Lipinski definition) is 0. The number of rotatable bonds is 2.